The molecule has 3 nitrogen and oxygen atoms in total. The summed E-state index contributed by atoms with van der Waals surface area (Å²) in [5.74, 6) is -0.865. The Morgan fingerprint density at radius 3 is 2.59 bits per heavy atom. The minimum Gasteiger partial charge on any atom is -0.293 e. The van der Waals surface area contributed by atoms with Gasteiger partial charge in [-0.2, -0.15) is 0 Å². The largest absolute Gasteiger partial charge is 0.293 e. The van der Waals surface area contributed by atoms with Gasteiger partial charge in [-0.15, -0.1) is 0 Å². The summed E-state index contributed by atoms with van der Waals surface area (Å²) in [4.78, 5) is 11.8. The van der Waals surface area contributed by atoms with Gasteiger partial charge in [-0.05, 0) is 25.5 Å². The van der Waals surface area contributed by atoms with Crippen molar-refractivity contribution in [3.05, 3.63) is 34.9 Å². The molecular formula is C12H15ClO3S. The van der Waals surface area contributed by atoms with Crippen molar-refractivity contribution in [2.45, 2.75) is 25.5 Å². The molecule has 94 valence electrons. The lowest BCUT2D eigenvalue weighted by atomic mass is 10.1. The van der Waals surface area contributed by atoms with Crippen LogP contribution in [0.15, 0.2) is 24.3 Å². The molecule has 1 rings (SSSR count). The van der Waals surface area contributed by atoms with Crippen LogP contribution >= 0.6 is 11.6 Å². The molecule has 1 unspecified atom stereocenters. The van der Waals surface area contributed by atoms with Crippen molar-refractivity contribution >= 4 is 27.2 Å². The maximum Gasteiger partial charge on any atom is 0.177 e. The van der Waals surface area contributed by atoms with Gasteiger partial charge in [0.25, 0.3) is 0 Å². The Labute approximate surface area is 107 Å². The number of sulfone groups is 1. The van der Waals surface area contributed by atoms with Crippen molar-refractivity contribution in [3.63, 3.8) is 0 Å². The van der Waals surface area contributed by atoms with E-state index in [1.807, 2.05) is 0 Å². The second kappa shape index (κ2) is 5.65. The Kier molecular flexibility index (Phi) is 4.71. The van der Waals surface area contributed by atoms with Crippen LogP contribution in [0.5, 0.6) is 0 Å². The highest BCUT2D eigenvalue weighted by Gasteiger charge is 2.23. The van der Waals surface area contributed by atoms with Crippen LogP contribution in [0.4, 0.5) is 0 Å². The van der Waals surface area contributed by atoms with Crippen LogP contribution in [-0.2, 0) is 9.84 Å². The highest BCUT2D eigenvalue weighted by Crippen LogP contribution is 2.14. The van der Waals surface area contributed by atoms with Gasteiger partial charge in [0.1, 0.15) is 5.75 Å². The predicted molar refractivity (Wildman–Crippen MR) is 69.3 cm³/mol. The molecule has 5 heteroatoms. The molecule has 0 aromatic heterocycles. The summed E-state index contributed by atoms with van der Waals surface area (Å²) in [6.07, 6.45) is 0.505. The normalized spacial score (nSPS) is 13.4. The molecule has 1 aromatic carbocycles. The van der Waals surface area contributed by atoms with Crippen molar-refractivity contribution in [2.24, 2.45) is 0 Å². The first-order valence-corrected chi connectivity index (χ1v) is 7.46. The van der Waals surface area contributed by atoms with Gasteiger partial charge in [0, 0.05) is 10.6 Å². The first-order chi connectivity index (χ1) is 7.86. The van der Waals surface area contributed by atoms with Crippen molar-refractivity contribution in [2.75, 3.05) is 5.75 Å². The molecule has 0 fully saturated rings. The van der Waals surface area contributed by atoms with Gasteiger partial charge in [-0.1, -0.05) is 30.7 Å². The summed E-state index contributed by atoms with van der Waals surface area (Å²) in [6.45, 7) is 3.40. The maximum atomic E-state index is 11.8. The Balaban J connectivity index is 2.87. The maximum absolute atomic E-state index is 11.8. The predicted octanol–water partition coefficient (Wildman–Crippen LogP) is 2.74. The van der Waals surface area contributed by atoms with E-state index < -0.39 is 26.6 Å². The van der Waals surface area contributed by atoms with Crippen molar-refractivity contribution in [3.8, 4) is 0 Å². The molecule has 0 bridgehead atoms. The van der Waals surface area contributed by atoms with Crippen LogP contribution < -0.4 is 0 Å². The van der Waals surface area contributed by atoms with Crippen molar-refractivity contribution in [1.82, 2.24) is 0 Å². The Morgan fingerprint density at radius 1 is 1.41 bits per heavy atom. The number of rotatable bonds is 5. The number of ketones is 1. The quantitative estimate of drug-likeness (QED) is 0.776. The number of benzene rings is 1. The van der Waals surface area contributed by atoms with Crippen LogP contribution in [0.1, 0.15) is 30.6 Å². The minimum atomic E-state index is -3.36. The van der Waals surface area contributed by atoms with E-state index in [2.05, 4.69) is 0 Å². The summed E-state index contributed by atoms with van der Waals surface area (Å²) >= 11 is 5.75. The molecule has 0 amide bonds. The molecule has 0 heterocycles. The van der Waals surface area contributed by atoms with E-state index in [4.69, 9.17) is 11.6 Å². The second-order valence-corrected chi connectivity index (χ2v) is 6.82. The van der Waals surface area contributed by atoms with Crippen LogP contribution in [0.2, 0.25) is 5.02 Å². The molecule has 0 spiro atoms. The molecule has 17 heavy (non-hydrogen) atoms. The van der Waals surface area contributed by atoms with Gasteiger partial charge in [0.05, 0.1) is 5.25 Å². The lowest BCUT2D eigenvalue weighted by molar-refractivity contribution is 0.102. The fourth-order valence-corrected chi connectivity index (χ4v) is 2.84. The van der Waals surface area contributed by atoms with Gasteiger partial charge in [0.2, 0.25) is 0 Å². The van der Waals surface area contributed by atoms with E-state index in [0.29, 0.717) is 17.0 Å². The first-order valence-electron chi connectivity index (χ1n) is 5.37. The lowest BCUT2D eigenvalue weighted by Crippen LogP contribution is -2.25. The zero-order chi connectivity index (χ0) is 13.1. The van der Waals surface area contributed by atoms with Crippen LogP contribution in [0, 0.1) is 0 Å². The molecule has 0 saturated carbocycles. The molecule has 0 saturated heterocycles. The highest BCUT2D eigenvalue weighted by molar-refractivity contribution is 7.92. The highest BCUT2D eigenvalue weighted by atomic mass is 35.5. The van der Waals surface area contributed by atoms with E-state index in [9.17, 15) is 13.2 Å². The average Bonchev–Trinajstić information content (AvgIpc) is 2.27. The molecule has 0 aliphatic rings. The molecule has 0 radical (unpaired) electrons. The number of hydrogen-bond donors (Lipinski definition) is 0. The summed E-state index contributed by atoms with van der Waals surface area (Å²) in [6, 6.07) is 6.32. The topological polar surface area (TPSA) is 51.2 Å². The van der Waals surface area contributed by atoms with Crippen molar-refractivity contribution < 1.29 is 13.2 Å². The molecule has 0 aliphatic heterocycles. The molecule has 1 aromatic rings. The number of carbonyl (C=O) groups excluding carboxylic acids is 1. The third-order valence-electron chi connectivity index (χ3n) is 2.67. The van der Waals surface area contributed by atoms with Gasteiger partial charge in [-0.25, -0.2) is 8.42 Å². The van der Waals surface area contributed by atoms with Crippen LogP contribution in [0.25, 0.3) is 0 Å². The van der Waals surface area contributed by atoms with Gasteiger partial charge >= 0.3 is 0 Å². The minimum absolute atomic E-state index is 0.337. The average molecular weight is 275 g/mol. The molecule has 1 atom stereocenters. The Hall–Kier alpha value is -0.870. The SMILES string of the molecule is CCC(C)S(=O)(=O)CC(=O)c1cccc(Cl)c1. The van der Waals surface area contributed by atoms with Gasteiger partial charge in [0.15, 0.2) is 15.6 Å². The van der Waals surface area contributed by atoms with E-state index in [0.717, 1.165) is 0 Å². The number of Topliss-reactive ketones (excluding diaryl/α,β-unsaturated/α-hetero) is 1. The van der Waals surface area contributed by atoms with E-state index in [-0.39, 0.29) is 0 Å². The number of carbonyl (C=O) groups is 1. The molecular weight excluding hydrogens is 260 g/mol. The first kappa shape index (κ1) is 14.2. The number of halogens is 1. The standard InChI is InChI=1S/C12H15ClO3S/c1-3-9(2)17(15,16)8-12(14)10-5-4-6-11(13)7-10/h4-7,9H,3,8H2,1-2H3. The Morgan fingerprint density at radius 2 is 2.06 bits per heavy atom. The summed E-state index contributed by atoms with van der Waals surface area (Å²) in [7, 11) is -3.36. The van der Waals surface area contributed by atoms with Crippen LogP contribution in [-0.4, -0.2) is 25.2 Å². The van der Waals surface area contributed by atoms with Crippen molar-refractivity contribution in [1.29, 1.82) is 0 Å². The molecule has 0 aliphatic carbocycles. The fraction of sp³-hybridized carbons (Fsp3) is 0.417. The van der Waals surface area contributed by atoms with Crippen LogP contribution in [0.3, 0.4) is 0 Å². The van der Waals surface area contributed by atoms with E-state index in [1.165, 1.54) is 6.07 Å². The second-order valence-electron chi connectivity index (χ2n) is 3.96. The lowest BCUT2D eigenvalue weighted by Gasteiger charge is -2.09. The van der Waals surface area contributed by atoms with E-state index in [1.54, 1.807) is 32.0 Å². The fourth-order valence-electron chi connectivity index (χ4n) is 1.32. The molecule has 0 N–H and O–H groups in total. The smallest absolute Gasteiger partial charge is 0.177 e. The zero-order valence-electron chi connectivity index (χ0n) is 9.81. The third-order valence-corrected chi connectivity index (χ3v) is 5.13. The third kappa shape index (κ3) is 3.82. The van der Waals surface area contributed by atoms with E-state index >= 15 is 0 Å². The summed E-state index contributed by atoms with van der Waals surface area (Å²) < 4.78 is 23.6. The Bertz CT molecular complexity index is 508. The van der Waals surface area contributed by atoms with Gasteiger partial charge < -0.3 is 0 Å². The monoisotopic (exact) mass is 274 g/mol. The zero-order valence-corrected chi connectivity index (χ0v) is 11.4. The number of hydrogen-bond acceptors (Lipinski definition) is 3. The summed E-state index contributed by atoms with van der Waals surface area (Å²) in [5, 5.41) is -0.0672. The van der Waals surface area contributed by atoms with Gasteiger partial charge in [-0.3, -0.25) is 4.79 Å². The summed E-state index contributed by atoms with van der Waals surface area (Å²) in [5.41, 5.74) is 0.337.